The molecule has 25 heavy (non-hydrogen) atoms. The molecule has 2 aliphatic rings. The number of amides is 1. The van der Waals surface area contributed by atoms with Gasteiger partial charge in [-0.3, -0.25) is 9.69 Å². The van der Waals surface area contributed by atoms with E-state index in [2.05, 4.69) is 21.2 Å². The van der Waals surface area contributed by atoms with Gasteiger partial charge in [0, 0.05) is 36.7 Å². The van der Waals surface area contributed by atoms with E-state index in [1.54, 1.807) is 24.3 Å². The standard InChI is InChI=1S/C17H24BrN3O3S/c18-14-4-3-7-16(12-14)25(23,24)21-10-8-20(9-11-21)13-17(22)19-15-5-1-2-6-15/h3-4,7,12,15H,1-2,5-6,8-11,13H2,(H,19,22). The molecule has 0 unspecified atom stereocenters. The monoisotopic (exact) mass is 429 g/mol. The molecule has 0 aromatic heterocycles. The van der Waals surface area contributed by atoms with Crippen LogP contribution < -0.4 is 5.32 Å². The summed E-state index contributed by atoms with van der Waals surface area (Å²) in [6, 6.07) is 7.09. The van der Waals surface area contributed by atoms with Crippen molar-refractivity contribution in [2.24, 2.45) is 0 Å². The Hall–Kier alpha value is -0.960. The number of nitrogens with one attached hydrogen (secondary N) is 1. The van der Waals surface area contributed by atoms with Crippen molar-refractivity contribution in [3.05, 3.63) is 28.7 Å². The summed E-state index contributed by atoms with van der Waals surface area (Å²) in [4.78, 5) is 14.4. The van der Waals surface area contributed by atoms with Gasteiger partial charge in [-0.15, -0.1) is 0 Å². The fourth-order valence-electron chi connectivity index (χ4n) is 3.45. The summed E-state index contributed by atoms with van der Waals surface area (Å²) < 4.78 is 27.7. The fourth-order valence-corrected chi connectivity index (χ4v) is 5.47. The van der Waals surface area contributed by atoms with Gasteiger partial charge in [-0.2, -0.15) is 4.31 Å². The summed E-state index contributed by atoms with van der Waals surface area (Å²) in [5.41, 5.74) is 0. The summed E-state index contributed by atoms with van der Waals surface area (Å²) in [7, 11) is -3.48. The van der Waals surface area contributed by atoms with Crippen LogP contribution in [0, 0.1) is 0 Å². The average molecular weight is 430 g/mol. The van der Waals surface area contributed by atoms with E-state index in [0.29, 0.717) is 43.7 Å². The molecule has 2 fully saturated rings. The number of hydrogen-bond acceptors (Lipinski definition) is 4. The molecule has 6 nitrogen and oxygen atoms in total. The number of nitrogens with zero attached hydrogens (tertiary/aromatic N) is 2. The third kappa shape index (κ3) is 4.81. The van der Waals surface area contributed by atoms with Gasteiger partial charge in [-0.1, -0.05) is 34.8 Å². The molecule has 1 saturated carbocycles. The van der Waals surface area contributed by atoms with E-state index in [4.69, 9.17) is 0 Å². The quantitative estimate of drug-likeness (QED) is 0.774. The first-order valence-electron chi connectivity index (χ1n) is 8.72. The van der Waals surface area contributed by atoms with Crippen LogP contribution in [-0.4, -0.2) is 62.3 Å². The number of rotatable bonds is 5. The first-order chi connectivity index (χ1) is 11.9. The van der Waals surface area contributed by atoms with Crippen LogP contribution in [0.15, 0.2) is 33.6 Å². The van der Waals surface area contributed by atoms with Gasteiger partial charge in [0.15, 0.2) is 0 Å². The lowest BCUT2D eigenvalue weighted by atomic mass is 10.2. The predicted molar refractivity (Wildman–Crippen MR) is 99.7 cm³/mol. The van der Waals surface area contributed by atoms with E-state index in [0.717, 1.165) is 17.3 Å². The minimum absolute atomic E-state index is 0.0511. The highest BCUT2D eigenvalue weighted by atomic mass is 79.9. The largest absolute Gasteiger partial charge is 0.352 e. The highest BCUT2D eigenvalue weighted by Gasteiger charge is 2.29. The summed E-state index contributed by atoms with van der Waals surface area (Å²) in [6.45, 7) is 2.31. The summed E-state index contributed by atoms with van der Waals surface area (Å²) >= 11 is 3.32. The van der Waals surface area contributed by atoms with Crippen molar-refractivity contribution in [2.45, 2.75) is 36.6 Å². The third-order valence-corrected chi connectivity index (χ3v) is 7.24. The van der Waals surface area contributed by atoms with Gasteiger partial charge in [0.05, 0.1) is 11.4 Å². The number of carbonyl (C=O) groups excluding carboxylic acids is 1. The molecule has 138 valence electrons. The van der Waals surface area contributed by atoms with E-state index in [-0.39, 0.29) is 5.91 Å². The predicted octanol–water partition coefficient (Wildman–Crippen LogP) is 1.81. The number of hydrogen-bond donors (Lipinski definition) is 1. The van der Waals surface area contributed by atoms with Crippen molar-refractivity contribution in [1.29, 1.82) is 0 Å². The zero-order valence-electron chi connectivity index (χ0n) is 14.2. The van der Waals surface area contributed by atoms with Crippen LogP contribution >= 0.6 is 15.9 Å². The lowest BCUT2D eigenvalue weighted by Crippen LogP contribution is -2.51. The summed E-state index contributed by atoms with van der Waals surface area (Å²) in [5.74, 6) is 0.0511. The smallest absolute Gasteiger partial charge is 0.243 e. The molecule has 0 spiro atoms. The Bertz CT molecular complexity index is 712. The van der Waals surface area contributed by atoms with Crippen LogP contribution in [0.25, 0.3) is 0 Å². The number of sulfonamides is 1. The highest BCUT2D eigenvalue weighted by molar-refractivity contribution is 9.10. The van der Waals surface area contributed by atoms with Crippen molar-refractivity contribution >= 4 is 31.9 Å². The van der Waals surface area contributed by atoms with Crippen LogP contribution in [0.4, 0.5) is 0 Å². The second kappa shape index (κ2) is 8.16. The minimum atomic E-state index is -3.48. The Labute approximate surface area is 157 Å². The molecule has 1 N–H and O–H groups in total. The highest BCUT2D eigenvalue weighted by Crippen LogP contribution is 2.21. The van der Waals surface area contributed by atoms with E-state index in [1.807, 2.05) is 4.90 Å². The van der Waals surface area contributed by atoms with Crippen molar-refractivity contribution in [1.82, 2.24) is 14.5 Å². The Balaban J connectivity index is 1.52. The molecule has 1 aromatic carbocycles. The molecule has 3 rings (SSSR count). The molecule has 1 aliphatic heterocycles. The van der Waals surface area contributed by atoms with Gasteiger partial charge in [-0.25, -0.2) is 8.42 Å². The normalized spacial score (nSPS) is 20.7. The SMILES string of the molecule is O=C(CN1CCN(S(=O)(=O)c2cccc(Br)c2)CC1)NC1CCCC1. The summed E-state index contributed by atoms with van der Waals surface area (Å²) in [5, 5.41) is 3.08. The molecule has 1 aliphatic carbocycles. The Morgan fingerprint density at radius 1 is 1.16 bits per heavy atom. The van der Waals surface area contributed by atoms with Gasteiger partial charge in [-0.05, 0) is 31.0 Å². The van der Waals surface area contributed by atoms with E-state index >= 15 is 0 Å². The van der Waals surface area contributed by atoms with Crippen molar-refractivity contribution in [2.75, 3.05) is 32.7 Å². The van der Waals surface area contributed by atoms with Gasteiger partial charge in [0.1, 0.15) is 0 Å². The Kier molecular flexibility index (Phi) is 6.14. The van der Waals surface area contributed by atoms with Gasteiger partial charge >= 0.3 is 0 Å². The number of carbonyl (C=O) groups is 1. The molecular weight excluding hydrogens is 406 g/mol. The number of benzene rings is 1. The fraction of sp³-hybridized carbons (Fsp3) is 0.588. The molecule has 0 bridgehead atoms. The van der Waals surface area contributed by atoms with Gasteiger partial charge in [0.25, 0.3) is 0 Å². The Morgan fingerprint density at radius 3 is 2.48 bits per heavy atom. The van der Waals surface area contributed by atoms with E-state index < -0.39 is 10.0 Å². The second-order valence-corrected chi connectivity index (χ2v) is 9.54. The molecule has 8 heteroatoms. The third-order valence-electron chi connectivity index (χ3n) is 4.85. The van der Waals surface area contributed by atoms with Crippen molar-refractivity contribution in [3.8, 4) is 0 Å². The molecule has 1 aromatic rings. The van der Waals surface area contributed by atoms with Crippen LogP contribution in [0.3, 0.4) is 0 Å². The van der Waals surface area contributed by atoms with Gasteiger partial charge < -0.3 is 5.32 Å². The van der Waals surface area contributed by atoms with Crippen LogP contribution in [0.5, 0.6) is 0 Å². The number of piperazine rings is 1. The maximum atomic E-state index is 12.7. The first-order valence-corrected chi connectivity index (χ1v) is 11.0. The van der Waals surface area contributed by atoms with Crippen molar-refractivity contribution in [3.63, 3.8) is 0 Å². The molecule has 0 radical (unpaired) electrons. The molecular formula is C17H24BrN3O3S. The lowest BCUT2D eigenvalue weighted by molar-refractivity contribution is -0.123. The topological polar surface area (TPSA) is 69.7 Å². The zero-order chi connectivity index (χ0) is 17.9. The molecule has 1 saturated heterocycles. The number of halogens is 1. The van der Waals surface area contributed by atoms with Crippen LogP contribution in [0.2, 0.25) is 0 Å². The van der Waals surface area contributed by atoms with E-state index in [1.165, 1.54) is 17.1 Å². The molecule has 1 heterocycles. The first kappa shape index (κ1) is 18.8. The van der Waals surface area contributed by atoms with Crippen LogP contribution in [-0.2, 0) is 14.8 Å². The van der Waals surface area contributed by atoms with E-state index in [9.17, 15) is 13.2 Å². The minimum Gasteiger partial charge on any atom is -0.352 e. The maximum absolute atomic E-state index is 12.7. The van der Waals surface area contributed by atoms with Crippen molar-refractivity contribution < 1.29 is 13.2 Å². The molecule has 0 atom stereocenters. The molecule has 1 amide bonds. The lowest BCUT2D eigenvalue weighted by Gasteiger charge is -2.33. The maximum Gasteiger partial charge on any atom is 0.243 e. The Morgan fingerprint density at radius 2 is 1.84 bits per heavy atom. The second-order valence-electron chi connectivity index (χ2n) is 6.69. The summed E-state index contributed by atoms with van der Waals surface area (Å²) in [6.07, 6.45) is 4.53. The zero-order valence-corrected chi connectivity index (χ0v) is 16.6. The average Bonchev–Trinajstić information content (AvgIpc) is 3.08. The van der Waals surface area contributed by atoms with Crippen LogP contribution in [0.1, 0.15) is 25.7 Å². The van der Waals surface area contributed by atoms with Gasteiger partial charge in [0.2, 0.25) is 15.9 Å².